The predicted molar refractivity (Wildman–Crippen MR) is 83.5 cm³/mol. The Morgan fingerprint density at radius 2 is 2.00 bits per heavy atom. The van der Waals surface area contributed by atoms with E-state index in [0.29, 0.717) is 0 Å². The highest BCUT2D eigenvalue weighted by Crippen LogP contribution is 2.35. The SMILES string of the molecule is COc1ccccc1N1CCC/C1=C\C(=O)OC(C)(C)C. The number of hydrogen-bond donors (Lipinski definition) is 0. The van der Waals surface area contributed by atoms with Gasteiger partial charge >= 0.3 is 5.97 Å². The zero-order valence-electron chi connectivity index (χ0n) is 13.2. The van der Waals surface area contributed by atoms with Gasteiger partial charge in [0, 0.05) is 18.3 Å². The van der Waals surface area contributed by atoms with Crippen molar-refractivity contribution in [2.24, 2.45) is 0 Å². The summed E-state index contributed by atoms with van der Waals surface area (Å²) in [5.74, 6) is 0.522. The van der Waals surface area contributed by atoms with Crippen molar-refractivity contribution in [3.8, 4) is 5.75 Å². The van der Waals surface area contributed by atoms with Gasteiger partial charge in [0.1, 0.15) is 11.4 Å². The maximum absolute atomic E-state index is 12.0. The third kappa shape index (κ3) is 4.00. The van der Waals surface area contributed by atoms with Gasteiger partial charge in [0.15, 0.2) is 0 Å². The van der Waals surface area contributed by atoms with Crippen molar-refractivity contribution in [2.45, 2.75) is 39.2 Å². The Bertz CT molecular complexity index is 543. The minimum Gasteiger partial charge on any atom is -0.495 e. The lowest BCUT2D eigenvalue weighted by molar-refractivity contribution is -0.148. The predicted octanol–water partition coefficient (Wildman–Crippen LogP) is 3.52. The molecule has 0 aliphatic carbocycles. The number of hydrogen-bond acceptors (Lipinski definition) is 4. The number of carbonyl (C=O) groups excluding carboxylic acids is 1. The summed E-state index contributed by atoms with van der Waals surface area (Å²) in [5.41, 5.74) is 1.50. The van der Waals surface area contributed by atoms with Gasteiger partial charge in [-0.15, -0.1) is 0 Å². The van der Waals surface area contributed by atoms with Gasteiger partial charge in [-0.05, 0) is 45.7 Å². The number of allylic oxidation sites excluding steroid dienone is 1. The second-order valence-electron chi connectivity index (χ2n) is 6.10. The highest BCUT2D eigenvalue weighted by Gasteiger charge is 2.23. The molecule has 4 nitrogen and oxygen atoms in total. The average Bonchev–Trinajstić information content (AvgIpc) is 2.84. The number of ether oxygens (including phenoxy) is 2. The van der Waals surface area contributed by atoms with E-state index in [9.17, 15) is 4.79 Å². The van der Waals surface area contributed by atoms with Crippen LogP contribution in [0.25, 0.3) is 0 Å². The zero-order chi connectivity index (χ0) is 15.5. The van der Waals surface area contributed by atoms with Crippen LogP contribution in [0.4, 0.5) is 5.69 Å². The van der Waals surface area contributed by atoms with E-state index in [4.69, 9.17) is 9.47 Å². The number of para-hydroxylation sites is 2. The third-order valence-corrected chi connectivity index (χ3v) is 3.23. The number of rotatable bonds is 3. The van der Waals surface area contributed by atoms with Gasteiger partial charge in [-0.2, -0.15) is 0 Å². The van der Waals surface area contributed by atoms with Crippen LogP contribution in [-0.2, 0) is 9.53 Å². The molecule has 0 amide bonds. The lowest BCUT2D eigenvalue weighted by atomic mass is 10.2. The highest BCUT2D eigenvalue weighted by atomic mass is 16.6. The topological polar surface area (TPSA) is 38.8 Å². The molecule has 1 saturated heterocycles. The first-order chi connectivity index (χ1) is 9.90. The number of benzene rings is 1. The van der Waals surface area contributed by atoms with Crippen LogP contribution in [0, 0.1) is 0 Å². The van der Waals surface area contributed by atoms with Crippen molar-refractivity contribution >= 4 is 11.7 Å². The van der Waals surface area contributed by atoms with Gasteiger partial charge in [0.2, 0.25) is 0 Å². The molecule has 0 radical (unpaired) electrons. The fourth-order valence-corrected chi connectivity index (χ4v) is 2.44. The molecule has 0 spiro atoms. The summed E-state index contributed by atoms with van der Waals surface area (Å²) < 4.78 is 10.8. The van der Waals surface area contributed by atoms with E-state index in [2.05, 4.69) is 4.90 Å². The molecule has 0 atom stereocenters. The molecule has 1 fully saturated rings. The van der Waals surface area contributed by atoms with Crippen LogP contribution in [-0.4, -0.2) is 25.2 Å². The Balaban J connectivity index is 2.22. The van der Waals surface area contributed by atoms with Crippen molar-refractivity contribution in [2.75, 3.05) is 18.6 Å². The minimum atomic E-state index is -0.470. The largest absolute Gasteiger partial charge is 0.495 e. The van der Waals surface area contributed by atoms with Crippen LogP contribution < -0.4 is 9.64 Å². The molecule has 1 aliphatic heterocycles. The van der Waals surface area contributed by atoms with Crippen LogP contribution in [0.3, 0.4) is 0 Å². The molecule has 2 rings (SSSR count). The summed E-state index contributed by atoms with van der Waals surface area (Å²) in [6.07, 6.45) is 3.49. The van der Waals surface area contributed by atoms with Crippen molar-refractivity contribution < 1.29 is 14.3 Å². The third-order valence-electron chi connectivity index (χ3n) is 3.23. The summed E-state index contributed by atoms with van der Waals surface area (Å²) in [5, 5.41) is 0. The monoisotopic (exact) mass is 289 g/mol. The first-order valence-electron chi connectivity index (χ1n) is 7.25. The Kier molecular flexibility index (Phi) is 4.56. The van der Waals surface area contributed by atoms with E-state index in [1.165, 1.54) is 0 Å². The summed E-state index contributed by atoms with van der Waals surface area (Å²) in [6, 6.07) is 7.85. The van der Waals surface area contributed by atoms with Gasteiger partial charge in [-0.1, -0.05) is 12.1 Å². The molecule has 21 heavy (non-hydrogen) atoms. The Labute approximate surface area is 126 Å². The van der Waals surface area contributed by atoms with Gasteiger partial charge in [0.25, 0.3) is 0 Å². The second-order valence-corrected chi connectivity index (χ2v) is 6.10. The van der Waals surface area contributed by atoms with Crippen molar-refractivity contribution in [3.63, 3.8) is 0 Å². The molecule has 0 unspecified atom stereocenters. The lowest BCUT2D eigenvalue weighted by Crippen LogP contribution is -2.24. The molecule has 114 valence electrons. The molecule has 0 bridgehead atoms. The van der Waals surface area contributed by atoms with Crippen LogP contribution in [0.5, 0.6) is 5.75 Å². The summed E-state index contributed by atoms with van der Waals surface area (Å²) in [6.45, 7) is 6.50. The number of methoxy groups -OCH3 is 1. The molecule has 0 N–H and O–H groups in total. The normalized spacial score (nSPS) is 17.1. The standard InChI is InChI=1S/C17H23NO3/c1-17(2,3)21-16(19)12-13-8-7-11-18(13)14-9-5-6-10-15(14)20-4/h5-6,9-10,12H,7-8,11H2,1-4H3/b13-12+. The molecule has 1 aliphatic rings. The summed E-state index contributed by atoms with van der Waals surface area (Å²) in [7, 11) is 1.66. The van der Waals surface area contributed by atoms with Crippen LogP contribution >= 0.6 is 0 Å². The molecule has 0 saturated carbocycles. The quantitative estimate of drug-likeness (QED) is 0.630. The molecular formula is C17H23NO3. The molecule has 4 heteroatoms. The average molecular weight is 289 g/mol. The molecule has 1 heterocycles. The van der Waals surface area contributed by atoms with E-state index < -0.39 is 5.60 Å². The fourth-order valence-electron chi connectivity index (χ4n) is 2.44. The number of carbonyl (C=O) groups is 1. The van der Waals surface area contributed by atoms with E-state index in [0.717, 1.165) is 36.5 Å². The van der Waals surface area contributed by atoms with Gasteiger partial charge in [-0.25, -0.2) is 4.79 Å². The maximum Gasteiger partial charge on any atom is 0.333 e. The van der Waals surface area contributed by atoms with Gasteiger partial charge in [-0.3, -0.25) is 0 Å². The zero-order valence-corrected chi connectivity index (χ0v) is 13.2. The number of esters is 1. The number of anilines is 1. The van der Waals surface area contributed by atoms with E-state index in [1.54, 1.807) is 13.2 Å². The van der Waals surface area contributed by atoms with Gasteiger partial charge in [0.05, 0.1) is 12.8 Å². The van der Waals surface area contributed by atoms with Crippen molar-refractivity contribution in [1.82, 2.24) is 0 Å². The Morgan fingerprint density at radius 1 is 1.29 bits per heavy atom. The molecule has 1 aromatic carbocycles. The fraction of sp³-hybridized carbons (Fsp3) is 0.471. The lowest BCUT2D eigenvalue weighted by Gasteiger charge is -2.23. The van der Waals surface area contributed by atoms with Crippen molar-refractivity contribution in [3.05, 3.63) is 36.0 Å². The van der Waals surface area contributed by atoms with E-state index >= 15 is 0 Å². The second kappa shape index (κ2) is 6.20. The summed E-state index contributed by atoms with van der Waals surface area (Å²) in [4.78, 5) is 14.1. The smallest absolute Gasteiger partial charge is 0.333 e. The molecule has 1 aromatic rings. The van der Waals surface area contributed by atoms with Crippen molar-refractivity contribution in [1.29, 1.82) is 0 Å². The van der Waals surface area contributed by atoms with Crippen LogP contribution in [0.2, 0.25) is 0 Å². The Hall–Kier alpha value is -1.97. The molecular weight excluding hydrogens is 266 g/mol. The Morgan fingerprint density at radius 3 is 2.67 bits per heavy atom. The van der Waals surface area contributed by atoms with E-state index in [-0.39, 0.29) is 5.97 Å². The first-order valence-corrected chi connectivity index (χ1v) is 7.25. The highest BCUT2D eigenvalue weighted by molar-refractivity contribution is 5.84. The summed E-state index contributed by atoms with van der Waals surface area (Å²) >= 11 is 0. The molecule has 0 aromatic heterocycles. The van der Waals surface area contributed by atoms with Crippen LogP contribution in [0.1, 0.15) is 33.6 Å². The number of nitrogens with zero attached hydrogens (tertiary/aromatic N) is 1. The first kappa shape index (κ1) is 15.4. The van der Waals surface area contributed by atoms with Crippen LogP contribution in [0.15, 0.2) is 36.0 Å². The maximum atomic E-state index is 12.0. The van der Waals surface area contributed by atoms with E-state index in [1.807, 2.05) is 45.0 Å². The minimum absolute atomic E-state index is 0.292. The van der Waals surface area contributed by atoms with Gasteiger partial charge < -0.3 is 14.4 Å².